The van der Waals surface area contributed by atoms with Gasteiger partial charge in [0.05, 0.1) is 16.9 Å². The topological polar surface area (TPSA) is 46.0 Å². The molecule has 1 N–H and O–H groups in total. The van der Waals surface area contributed by atoms with Gasteiger partial charge in [0.2, 0.25) is 0 Å². The maximum Gasteiger partial charge on any atom is 0.134 e. The molecule has 0 aliphatic rings. The van der Waals surface area contributed by atoms with Crippen molar-refractivity contribution in [3.05, 3.63) is 40.0 Å². The van der Waals surface area contributed by atoms with Gasteiger partial charge in [-0.1, -0.05) is 11.6 Å². The summed E-state index contributed by atoms with van der Waals surface area (Å²) in [7, 11) is 0. The lowest BCUT2D eigenvalue weighted by atomic mass is 10.00. The predicted octanol–water partition coefficient (Wildman–Crippen LogP) is 3.43. The first kappa shape index (κ1) is 11.9. The fraction of sp³-hybridized carbons (Fsp3) is 0.231. The Labute approximate surface area is 105 Å². The van der Waals surface area contributed by atoms with Gasteiger partial charge in [-0.05, 0) is 49.6 Å². The molecule has 0 aliphatic heterocycles. The van der Waals surface area contributed by atoms with E-state index in [1.165, 1.54) is 0 Å². The third-order valence-corrected chi connectivity index (χ3v) is 3.21. The zero-order valence-corrected chi connectivity index (χ0v) is 10.7. The largest absolute Gasteiger partial charge is 0.506 e. The number of nitrogens with zero attached hydrogens (tertiary/aromatic N) is 2. The summed E-state index contributed by atoms with van der Waals surface area (Å²) in [6, 6.07) is 3.36. The second kappa shape index (κ2) is 4.34. The van der Waals surface area contributed by atoms with E-state index in [1.807, 2.05) is 20.8 Å². The van der Waals surface area contributed by atoms with Crippen LogP contribution in [0.25, 0.3) is 11.3 Å². The lowest BCUT2D eigenvalue weighted by molar-refractivity contribution is 0.475. The van der Waals surface area contributed by atoms with Crippen molar-refractivity contribution in [3.63, 3.8) is 0 Å². The summed E-state index contributed by atoms with van der Waals surface area (Å²) in [4.78, 5) is 0. The minimum absolute atomic E-state index is 0.0891. The molecule has 1 aromatic carbocycles. The minimum Gasteiger partial charge on any atom is -0.506 e. The molecule has 0 atom stereocenters. The fourth-order valence-electron chi connectivity index (χ4n) is 1.71. The van der Waals surface area contributed by atoms with Crippen molar-refractivity contribution < 1.29 is 5.11 Å². The van der Waals surface area contributed by atoms with Gasteiger partial charge in [-0.3, -0.25) is 0 Å². The maximum atomic E-state index is 9.53. The molecule has 0 aliphatic carbocycles. The Balaban J connectivity index is 2.69. The maximum absolute atomic E-state index is 9.53. The SMILES string of the molecule is Cc1cc(O)c(Cl)cc1-c1nncc(C)c1C. The van der Waals surface area contributed by atoms with E-state index in [9.17, 15) is 5.11 Å². The van der Waals surface area contributed by atoms with Crippen LogP contribution in [0.4, 0.5) is 0 Å². The lowest BCUT2D eigenvalue weighted by Gasteiger charge is -2.10. The third-order valence-electron chi connectivity index (χ3n) is 2.90. The summed E-state index contributed by atoms with van der Waals surface area (Å²) in [6.45, 7) is 5.90. The molecule has 4 heteroatoms. The zero-order chi connectivity index (χ0) is 12.6. The summed E-state index contributed by atoms with van der Waals surface area (Å²) in [5.74, 6) is 0.0891. The molecule has 0 bridgehead atoms. The molecule has 1 heterocycles. The van der Waals surface area contributed by atoms with Crippen LogP contribution in [-0.4, -0.2) is 15.3 Å². The molecule has 17 heavy (non-hydrogen) atoms. The van der Waals surface area contributed by atoms with E-state index in [1.54, 1.807) is 18.3 Å². The van der Waals surface area contributed by atoms with Gasteiger partial charge in [-0.25, -0.2) is 0 Å². The number of aromatic nitrogens is 2. The monoisotopic (exact) mass is 248 g/mol. The van der Waals surface area contributed by atoms with E-state index in [4.69, 9.17) is 11.6 Å². The van der Waals surface area contributed by atoms with Gasteiger partial charge in [0.15, 0.2) is 0 Å². The Morgan fingerprint density at radius 1 is 1.12 bits per heavy atom. The minimum atomic E-state index is 0.0891. The quantitative estimate of drug-likeness (QED) is 0.841. The van der Waals surface area contributed by atoms with E-state index in [0.717, 1.165) is 27.9 Å². The van der Waals surface area contributed by atoms with Crippen LogP contribution in [0.5, 0.6) is 5.75 Å². The van der Waals surface area contributed by atoms with Crippen molar-refractivity contribution in [3.8, 4) is 17.0 Å². The third kappa shape index (κ3) is 2.11. The lowest BCUT2D eigenvalue weighted by Crippen LogP contribution is -1.96. The molecule has 0 spiro atoms. The van der Waals surface area contributed by atoms with Gasteiger partial charge >= 0.3 is 0 Å². The number of rotatable bonds is 1. The molecule has 0 fully saturated rings. The Bertz CT molecular complexity index is 582. The number of halogens is 1. The number of hydrogen-bond donors (Lipinski definition) is 1. The van der Waals surface area contributed by atoms with Gasteiger partial charge in [-0.2, -0.15) is 10.2 Å². The highest BCUT2D eigenvalue weighted by molar-refractivity contribution is 6.32. The number of benzene rings is 1. The number of aryl methyl sites for hydroxylation is 2. The van der Waals surface area contributed by atoms with Crippen LogP contribution in [0.3, 0.4) is 0 Å². The highest BCUT2D eigenvalue weighted by Gasteiger charge is 2.12. The molecule has 0 radical (unpaired) electrons. The first-order valence-corrected chi connectivity index (χ1v) is 5.67. The van der Waals surface area contributed by atoms with Gasteiger partial charge < -0.3 is 5.11 Å². The van der Waals surface area contributed by atoms with Crippen LogP contribution in [-0.2, 0) is 0 Å². The molecule has 0 amide bonds. The fourth-order valence-corrected chi connectivity index (χ4v) is 1.87. The van der Waals surface area contributed by atoms with Crippen LogP contribution < -0.4 is 0 Å². The standard InChI is InChI=1S/C13H13ClN2O/c1-7-4-12(17)11(14)5-10(7)13-9(3)8(2)6-15-16-13/h4-6,17H,1-3H3. The smallest absolute Gasteiger partial charge is 0.134 e. The molecular formula is C13H13ClN2O. The number of hydrogen-bond acceptors (Lipinski definition) is 3. The number of phenolic OH excluding ortho intramolecular Hbond substituents is 1. The molecule has 3 nitrogen and oxygen atoms in total. The van der Waals surface area contributed by atoms with Gasteiger partial charge in [0, 0.05) is 5.56 Å². The predicted molar refractivity (Wildman–Crippen MR) is 68.4 cm³/mol. The van der Waals surface area contributed by atoms with E-state index < -0.39 is 0 Å². The van der Waals surface area contributed by atoms with E-state index in [0.29, 0.717) is 5.02 Å². The molecule has 1 aromatic heterocycles. The first-order valence-electron chi connectivity index (χ1n) is 5.29. The summed E-state index contributed by atoms with van der Waals surface area (Å²) >= 11 is 5.93. The summed E-state index contributed by atoms with van der Waals surface area (Å²) in [6.07, 6.45) is 1.73. The van der Waals surface area contributed by atoms with E-state index in [2.05, 4.69) is 10.2 Å². The average molecular weight is 249 g/mol. The Morgan fingerprint density at radius 3 is 2.53 bits per heavy atom. The summed E-state index contributed by atoms with van der Waals surface area (Å²) in [5, 5.41) is 18.0. The normalized spacial score (nSPS) is 10.6. The van der Waals surface area contributed by atoms with Gasteiger partial charge in [-0.15, -0.1) is 0 Å². The average Bonchev–Trinajstić information content (AvgIpc) is 2.28. The number of phenols is 1. The first-order chi connectivity index (χ1) is 8.00. The molecular weight excluding hydrogens is 236 g/mol. The van der Waals surface area contributed by atoms with Crippen molar-refractivity contribution in [2.24, 2.45) is 0 Å². The summed E-state index contributed by atoms with van der Waals surface area (Å²) in [5.41, 5.74) is 4.80. The Morgan fingerprint density at radius 2 is 1.82 bits per heavy atom. The highest BCUT2D eigenvalue weighted by Crippen LogP contribution is 2.33. The summed E-state index contributed by atoms with van der Waals surface area (Å²) < 4.78 is 0. The van der Waals surface area contributed by atoms with Crippen molar-refractivity contribution in [1.82, 2.24) is 10.2 Å². The van der Waals surface area contributed by atoms with Crippen LogP contribution >= 0.6 is 11.6 Å². The van der Waals surface area contributed by atoms with Gasteiger partial charge in [0.1, 0.15) is 5.75 Å². The zero-order valence-electron chi connectivity index (χ0n) is 9.95. The molecule has 2 aromatic rings. The van der Waals surface area contributed by atoms with Crippen molar-refractivity contribution in [1.29, 1.82) is 0 Å². The molecule has 2 rings (SSSR count). The molecule has 0 saturated heterocycles. The number of aromatic hydroxyl groups is 1. The molecule has 0 saturated carbocycles. The van der Waals surface area contributed by atoms with E-state index >= 15 is 0 Å². The van der Waals surface area contributed by atoms with Gasteiger partial charge in [0.25, 0.3) is 0 Å². The van der Waals surface area contributed by atoms with Crippen molar-refractivity contribution in [2.45, 2.75) is 20.8 Å². The second-order valence-electron chi connectivity index (χ2n) is 4.12. The Hall–Kier alpha value is -1.61. The van der Waals surface area contributed by atoms with E-state index in [-0.39, 0.29) is 5.75 Å². The highest BCUT2D eigenvalue weighted by atomic mass is 35.5. The molecule has 88 valence electrons. The van der Waals surface area contributed by atoms with Crippen molar-refractivity contribution in [2.75, 3.05) is 0 Å². The van der Waals surface area contributed by atoms with Crippen LogP contribution in [0.2, 0.25) is 5.02 Å². The van der Waals surface area contributed by atoms with Crippen LogP contribution in [0.15, 0.2) is 18.3 Å². The molecule has 0 unspecified atom stereocenters. The second-order valence-corrected chi connectivity index (χ2v) is 4.53. The van der Waals surface area contributed by atoms with Crippen LogP contribution in [0.1, 0.15) is 16.7 Å². The van der Waals surface area contributed by atoms with Crippen molar-refractivity contribution >= 4 is 11.6 Å². The van der Waals surface area contributed by atoms with Crippen LogP contribution in [0, 0.1) is 20.8 Å². The Kier molecular flexibility index (Phi) is 3.03.